The van der Waals surface area contributed by atoms with E-state index < -0.39 is 47.4 Å². The Balaban J connectivity index is 2.23. The van der Waals surface area contributed by atoms with Crippen LogP contribution in [0.15, 0.2) is 48.5 Å². The van der Waals surface area contributed by atoms with Gasteiger partial charge in [0.2, 0.25) is 5.91 Å². The summed E-state index contributed by atoms with van der Waals surface area (Å²) in [4.78, 5) is 37.8. The summed E-state index contributed by atoms with van der Waals surface area (Å²) in [6, 6.07) is 7.71. The molecule has 0 spiro atoms. The monoisotopic (exact) mass is 510 g/mol. The molecule has 0 saturated carbocycles. The molecule has 36 heavy (non-hydrogen) atoms. The largest absolute Gasteiger partial charge is 0.508 e. The smallest absolute Gasteiger partial charge is 0.416 e. The van der Waals surface area contributed by atoms with Crippen molar-refractivity contribution in [3.8, 4) is 5.75 Å². The third-order valence-electron chi connectivity index (χ3n) is 4.91. The molecule has 0 saturated heterocycles. The van der Waals surface area contributed by atoms with Gasteiger partial charge in [-0.3, -0.25) is 4.79 Å². The molecule has 0 aliphatic carbocycles. The zero-order valence-corrected chi connectivity index (χ0v) is 20.3. The van der Waals surface area contributed by atoms with Gasteiger partial charge in [-0.1, -0.05) is 24.3 Å². The molecule has 0 aliphatic heterocycles. The van der Waals surface area contributed by atoms with Crippen molar-refractivity contribution in [3.63, 3.8) is 0 Å². The highest BCUT2D eigenvalue weighted by Crippen LogP contribution is 2.29. The van der Waals surface area contributed by atoms with Crippen molar-refractivity contribution < 1.29 is 42.1 Å². The molecular formula is C25H29F3N2O6. The Morgan fingerprint density at radius 1 is 0.861 bits per heavy atom. The second-order valence-corrected chi connectivity index (χ2v) is 9.05. The first kappa shape index (κ1) is 28.5. The van der Waals surface area contributed by atoms with Gasteiger partial charge < -0.3 is 25.2 Å². The fourth-order valence-electron chi connectivity index (χ4n) is 3.20. The maximum atomic E-state index is 13.1. The Kier molecular flexibility index (Phi) is 9.32. The van der Waals surface area contributed by atoms with Crippen LogP contribution in [0.2, 0.25) is 0 Å². The lowest BCUT2D eigenvalue weighted by Gasteiger charge is -2.25. The van der Waals surface area contributed by atoms with Crippen molar-refractivity contribution in [1.82, 2.24) is 10.6 Å². The summed E-state index contributed by atoms with van der Waals surface area (Å²) in [6.07, 6.45) is -5.52. The minimum absolute atomic E-state index is 0.000468. The second-order valence-electron chi connectivity index (χ2n) is 9.05. The van der Waals surface area contributed by atoms with Gasteiger partial charge in [0.15, 0.2) is 0 Å². The highest BCUT2D eigenvalue weighted by atomic mass is 19.4. The first-order chi connectivity index (χ1) is 16.7. The Morgan fingerprint density at radius 2 is 1.36 bits per heavy atom. The van der Waals surface area contributed by atoms with Crippen LogP contribution in [0.5, 0.6) is 5.75 Å². The molecule has 11 heteroatoms. The number of nitrogens with one attached hydrogen (secondary N) is 2. The van der Waals surface area contributed by atoms with E-state index in [-0.39, 0.29) is 18.6 Å². The number of carbonyl (C=O) groups excluding carboxylic acids is 3. The molecule has 2 amide bonds. The number of amides is 2. The van der Waals surface area contributed by atoms with Crippen LogP contribution in [0.1, 0.15) is 37.5 Å². The number of hydrogen-bond donors (Lipinski definition) is 3. The molecule has 0 aromatic heterocycles. The predicted molar refractivity (Wildman–Crippen MR) is 124 cm³/mol. The zero-order valence-electron chi connectivity index (χ0n) is 20.3. The molecule has 2 rings (SSSR count). The van der Waals surface area contributed by atoms with Gasteiger partial charge in [-0.2, -0.15) is 13.2 Å². The van der Waals surface area contributed by atoms with Crippen LogP contribution in [0.3, 0.4) is 0 Å². The molecule has 0 fully saturated rings. The zero-order chi connectivity index (χ0) is 27.1. The summed E-state index contributed by atoms with van der Waals surface area (Å²) in [5.74, 6) is -1.54. The third kappa shape index (κ3) is 9.12. The first-order valence-electron chi connectivity index (χ1n) is 11.0. The van der Waals surface area contributed by atoms with Gasteiger partial charge >= 0.3 is 18.2 Å². The van der Waals surface area contributed by atoms with Crippen LogP contribution in [0.4, 0.5) is 18.0 Å². The lowest BCUT2D eigenvalue weighted by Crippen LogP contribution is -2.53. The number of rotatable bonds is 8. The average molecular weight is 511 g/mol. The summed E-state index contributed by atoms with van der Waals surface area (Å²) >= 11 is 0. The van der Waals surface area contributed by atoms with E-state index >= 15 is 0 Å². The molecule has 0 aliphatic rings. The van der Waals surface area contributed by atoms with E-state index in [9.17, 15) is 32.7 Å². The highest BCUT2D eigenvalue weighted by Gasteiger charge is 2.31. The van der Waals surface area contributed by atoms with E-state index in [1.807, 2.05) is 0 Å². The van der Waals surface area contributed by atoms with Gasteiger partial charge in [0.1, 0.15) is 23.4 Å². The number of phenols is 1. The molecule has 0 heterocycles. The molecule has 2 aromatic carbocycles. The first-order valence-corrected chi connectivity index (χ1v) is 11.0. The lowest BCUT2D eigenvalue weighted by molar-refractivity contribution is -0.145. The van der Waals surface area contributed by atoms with Crippen LogP contribution >= 0.6 is 0 Å². The van der Waals surface area contributed by atoms with E-state index in [4.69, 9.17) is 9.47 Å². The number of alkyl halides is 3. The number of halogens is 3. The fourth-order valence-corrected chi connectivity index (χ4v) is 3.20. The van der Waals surface area contributed by atoms with Gasteiger partial charge in [-0.15, -0.1) is 0 Å². The van der Waals surface area contributed by atoms with Crippen molar-refractivity contribution >= 4 is 18.0 Å². The topological polar surface area (TPSA) is 114 Å². The van der Waals surface area contributed by atoms with Gasteiger partial charge in [0.05, 0.1) is 12.7 Å². The van der Waals surface area contributed by atoms with E-state index in [1.54, 1.807) is 32.9 Å². The number of aromatic hydroxyl groups is 1. The number of hydrogen-bond acceptors (Lipinski definition) is 6. The maximum Gasteiger partial charge on any atom is 0.416 e. The summed E-state index contributed by atoms with van der Waals surface area (Å²) in [6.45, 7) is 4.96. The third-order valence-corrected chi connectivity index (χ3v) is 4.91. The van der Waals surface area contributed by atoms with E-state index in [0.29, 0.717) is 11.1 Å². The maximum absolute atomic E-state index is 13.1. The summed E-state index contributed by atoms with van der Waals surface area (Å²) in [7, 11) is 1.11. The summed E-state index contributed by atoms with van der Waals surface area (Å²) in [5.41, 5.74) is -0.725. The standard InChI is InChI=1S/C25H29F3N2O6/c1-24(2,3)36-23(34)30-19(13-16-7-11-18(31)12-8-16)21(32)29-20(22(33)35-4)14-15-5-9-17(10-6-15)25(26,27)28/h5-12,19-20,31H,13-14H2,1-4H3,(H,29,32)(H,30,34)/t19-,20+/m0/s1. The summed E-state index contributed by atoms with van der Waals surface area (Å²) < 4.78 is 48.5. The van der Waals surface area contributed by atoms with E-state index in [0.717, 1.165) is 19.2 Å². The number of alkyl carbamates (subject to hydrolysis) is 1. The Hall–Kier alpha value is -3.76. The summed E-state index contributed by atoms with van der Waals surface area (Å²) in [5, 5.41) is 14.5. The average Bonchev–Trinajstić information content (AvgIpc) is 2.77. The van der Waals surface area contributed by atoms with Crippen molar-refractivity contribution in [2.45, 2.75) is 57.5 Å². The molecule has 2 atom stereocenters. The molecule has 2 aromatic rings. The minimum Gasteiger partial charge on any atom is -0.508 e. The van der Waals surface area contributed by atoms with Crippen molar-refractivity contribution in [3.05, 3.63) is 65.2 Å². The molecule has 196 valence electrons. The quantitative estimate of drug-likeness (QED) is 0.466. The lowest BCUT2D eigenvalue weighted by atomic mass is 10.0. The Labute approximate surface area is 206 Å². The number of esters is 1. The van der Waals surface area contributed by atoms with Gasteiger partial charge in [0.25, 0.3) is 0 Å². The molecule has 0 radical (unpaired) electrons. The van der Waals surface area contributed by atoms with Crippen LogP contribution in [-0.4, -0.2) is 47.9 Å². The van der Waals surface area contributed by atoms with Crippen LogP contribution < -0.4 is 10.6 Å². The van der Waals surface area contributed by atoms with Crippen LogP contribution in [0.25, 0.3) is 0 Å². The van der Waals surface area contributed by atoms with E-state index in [2.05, 4.69) is 10.6 Å². The van der Waals surface area contributed by atoms with Gasteiger partial charge in [-0.25, -0.2) is 9.59 Å². The Morgan fingerprint density at radius 3 is 1.83 bits per heavy atom. The molecular weight excluding hydrogens is 481 g/mol. The molecule has 0 bridgehead atoms. The number of benzene rings is 2. The Bertz CT molecular complexity index is 1050. The van der Waals surface area contributed by atoms with Crippen molar-refractivity contribution in [1.29, 1.82) is 0 Å². The van der Waals surface area contributed by atoms with Crippen molar-refractivity contribution in [2.24, 2.45) is 0 Å². The predicted octanol–water partition coefficient (Wildman–Crippen LogP) is 3.75. The highest BCUT2D eigenvalue weighted by molar-refractivity contribution is 5.90. The normalized spacial score (nSPS) is 13.3. The molecule has 0 unspecified atom stereocenters. The van der Waals surface area contributed by atoms with Crippen molar-refractivity contribution in [2.75, 3.05) is 7.11 Å². The molecule has 3 N–H and O–H groups in total. The number of phenolic OH excluding ortho intramolecular Hbond substituents is 1. The number of ether oxygens (including phenoxy) is 2. The van der Waals surface area contributed by atoms with Crippen LogP contribution in [-0.2, 0) is 38.1 Å². The fraction of sp³-hybridized carbons (Fsp3) is 0.400. The van der Waals surface area contributed by atoms with E-state index in [1.165, 1.54) is 24.3 Å². The molecule has 8 nitrogen and oxygen atoms in total. The van der Waals surface area contributed by atoms with Gasteiger partial charge in [-0.05, 0) is 56.2 Å². The van der Waals surface area contributed by atoms with Gasteiger partial charge in [0, 0.05) is 12.8 Å². The number of carbonyl (C=O) groups is 3. The SMILES string of the molecule is COC(=O)[C@@H](Cc1ccc(C(F)(F)F)cc1)NC(=O)[C@H](Cc1ccc(O)cc1)NC(=O)OC(C)(C)C. The second kappa shape index (κ2) is 11.8. The van der Waals surface area contributed by atoms with Crippen LogP contribution in [0, 0.1) is 0 Å². The number of methoxy groups -OCH3 is 1. The minimum atomic E-state index is -4.51.